The quantitative estimate of drug-likeness (QED) is 0.470. The molecule has 7 nitrogen and oxygen atoms in total. The number of benzene rings is 2. The molecule has 2 aromatic carbocycles. The van der Waals surface area contributed by atoms with E-state index in [2.05, 4.69) is 15.6 Å². The van der Waals surface area contributed by atoms with E-state index in [0.29, 0.717) is 40.2 Å². The minimum Gasteiger partial charge on any atom is -0.494 e. The lowest BCUT2D eigenvalue weighted by molar-refractivity contribution is -0.115. The molecule has 2 aromatic heterocycles. The fourth-order valence-corrected chi connectivity index (χ4v) is 3.18. The van der Waals surface area contributed by atoms with Crippen LogP contribution >= 0.6 is 0 Å². The SMILES string of the molecule is CCOc1ccc(NC(=O)CNC(=O)c2cc(-c3ccco3)nc3ccccc23)cc1. The molecule has 31 heavy (non-hydrogen) atoms. The van der Waals surface area contributed by atoms with Gasteiger partial charge in [0.2, 0.25) is 5.91 Å². The molecule has 0 spiro atoms. The van der Waals surface area contributed by atoms with Gasteiger partial charge in [0, 0.05) is 11.1 Å². The van der Waals surface area contributed by atoms with Gasteiger partial charge in [-0.25, -0.2) is 4.98 Å². The molecule has 156 valence electrons. The standard InChI is InChI=1S/C24H21N3O4/c1-2-30-17-11-9-16(10-12-17)26-23(28)15-25-24(29)19-14-21(22-8-5-13-31-22)27-20-7-4-3-6-18(19)20/h3-14H,2,15H2,1H3,(H,25,29)(H,26,28). The number of amides is 2. The summed E-state index contributed by atoms with van der Waals surface area (Å²) in [5.74, 6) is 0.592. The molecule has 0 atom stereocenters. The van der Waals surface area contributed by atoms with E-state index >= 15 is 0 Å². The number of rotatable bonds is 7. The van der Waals surface area contributed by atoms with Crippen molar-refractivity contribution in [2.75, 3.05) is 18.5 Å². The first-order valence-electron chi connectivity index (χ1n) is 9.88. The molecule has 0 saturated heterocycles. The number of pyridine rings is 1. The zero-order valence-electron chi connectivity index (χ0n) is 16.9. The third-order valence-electron chi connectivity index (χ3n) is 4.59. The molecular formula is C24H21N3O4. The Morgan fingerprint density at radius 1 is 1.03 bits per heavy atom. The van der Waals surface area contributed by atoms with Gasteiger partial charge in [-0.3, -0.25) is 9.59 Å². The molecule has 0 aliphatic heterocycles. The summed E-state index contributed by atoms with van der Waals surface area (Å²) in [6.07, 6.45) is 1.55. The second kappa shape index (κ2) is 9.13. The first-order valence-corrected chi connectivity index (χ1v) is 9.88. The van der Waals surface area contributed by atoms with Crippen LogP contribution in [0.5, 0.6) is 5.75 Å². The highest BCUT2D eigenvalue weighted by Gasteiger charge is 2.16. The predicted octanol–water partition coefficient (Wildman–Crippen LogP) is 4.26. The van der Waals surface area contributed by atoms with Gasteiger partial charge in [0.25, 0.3) is 5.91 Å². The molecule has 0 aliphatic carbocycles. The molecule has 0 unspecified atom stereocenters. The van der Waals surface area contributed by atoms with Crippen LogP contribution in [0.3, 0.4) is 0 Å². The maximum Gasteiger partial charge on any atom is 0.252 e. The highest BCUT2D eigenvalue weighted by Crippen LogP contribution is 2.25. The maximum absolute atomic E-state index is 12.9. The highest BCUT2D eigenvalue weighted by atomic mass is 16.5. The average molecular weight is 415 g/mol. The molecular weight excluding hydrogens is 394 g/mol. The Labute approximate surface area is 179 Å². The number of hydrogen-bond acceptors (Lipinski definition) is 5. The molecule has 2 heterocycles. The van der Waals surface area contributed by atoms with E-state index in [1.54, 1.807) is 48.7 Å². The fourth-order valence-electron chi connectivity index (χ4n) is 3.18. The van der Waals surface area contributed by atoms with Crippen LogP contribution in [0.1, 0.15) is 17.3 Å². The van der Waals surface area contributed by atoms with Gasteiger partial charge in [-0.2, -0.15) is 0 Å². The Balaban J connectivity index is 1.47. The van der Waals surface area contributed by atoms with Crippen LogP contribution in [-0.4, -0.2) is 29.9 Å². The lowest BCUT2D eigenvalue weighted by atomic mass is 10.1. The van der Waals surface area contributed by atoms with Crippen LogP contribution in [0.2, 0.25) is 0 Å². The van der Waals surface area contributed by atoms with Crippen LogP contribution in [0.25, 0.3) is 22.4 Å². The summed E-state index contributed by atoms with van der Waals surface area (Å²) < 4.78 is 10.8. The van der Waals surface area contributed by atoms with Crippen LogP contribution < -0.4 is 15.4 Å². The molecule has 4 aromatic rings. The number of furan rings is 1. The summed E-state index contributed by atoms with van der Waals surface area (Å²) in [5.41, 5.74) is 2.26. The number of nitrogens with zero attached hydrogens (tertiary/aromatic N) is 1. The Morgan fingerprint density at radius 3 is 2.58 bits per heavy atom. The number of anilines is 1. The monoisotopic (exact) mass is 415 g/mol. The Hall–Kier alpha value is -4.13. The van der Waals surface area contributed by atoms with Gasteiger partial charge in [0.05, 0.1) is 30.5 Å². The second-order valence-corrected chi connectivity index (χ2v) is 6.74. The van der Waals surface area contributed by atoms with Crippen LogP contribution in [-0.2, 0) is 4.79 Å². The number of hydrogen-bond donors (Lipinski definition) is 2. The Kier molecular flexibility index (Phi) is 5.93. The summed E-state index contributed by atoms with van der Waals surface area (Å²) in [7, 11) is 0. The fraction of sp³-hybridized carbons (Fsp3) is 0.125. The van der Waals surface area contributed by atoms with Crippen LogP contribution in [0.15, 0.2) is 77.4 Å². The van der Waals surface area contributed by atoms with Crippen molar-refractivity contribution in [1.82, 2.24) is 10.3 Å². The van der Waals surface area contributed by atoms with E-state index in [1.807, 2.05) is 31.2 Å². The van der Waals surface area contributed by atoms with Gasteiger partial charge in [-0.1, -0.05) is 18.2 Å². The van der Waals surface area contributed by atoms with Crippen molar-refractivity contribution in [3.8, 4) is 17.2 Å². The normalized spacial score (nSPS) is 10.6. The van der Waals surface area contributed by atoms with Gasteiger partial charge in [-0.15, -0.1) is 0 Å². The van der Waals surface area contributed by atoms with Crippen molar-refractivity contribution in [3.63, 3.8) is 0 Å². The largest absolute Gasteiger partial charge is 0.494 e. The van der Waals surface area contributed by atoms with Crippen molar-refractivity contribution >= 4 is 28.4 Å². The predicted molar refractivity (Wildman–Crippen MR) is 118 cm³/mol. The molecule has 2 N–H and O–H groups in total. The topological polar surface area (TPSA) is 93.5 Å². The Morgan fingerprint density at radius 2 is 1.84 bits per heavy atom. The zero-order chi connectivity index (χ0) is 21.6. The molecule has 0 fully saturated rings. The number of ether oxygens (including phenoxy) is 1. The van der Waals surface area contributed by atoms with E-state index in [9.17, 15) is 9.59 Å². The van der Waals surface area contributed by atoms with E-state index in [-0.39, 0.29) is 18.4 Å². The smallest absolute Gasteiger partial charge is 0.252 e. The highest BCUT2D eigenvalue weighted by molar-refractivity contribution is 6.08. The van der Waals surface area contributed by atoms with Crippen molar-refractivity contribution in [2.45, 2.75) is 6.92 Å². The van der Waals surface area contributed by atoms with Gasteiger partial charge in [0.1, 0.15) is 11.4 Å². The summed E-state index contributed by atoms with van der Waals surface area (Å²) in [6.45, 7) is 2.31. The lowest BCUT2D eigenvalue weighted by Gasteiger charge is -2.10. The summed E-state index contributed by atoms with van der Waals surface area (Å²) >= 11 is 0. The number of carbonyl (C=O) groups is 2. The molecule has 0 radical (unpaired) electrons. The van der Waals surface area contributed by atoms with Gasteiger partial charge >= 0.3 is 0 Å². The maximum atomic E-state index is 12.9. The second-order valence-electron chi connectivity index (χ2n) is 6.74. The molecule has 4 rings (SSSR count). The van der Waals surface area contributed by atoms with Crippen molar-refractivity contribution in [3.05, 3.63) is 78.6 Å². The number of aromatic nitrogens is 1. The first kappa shape index (κ1) is 20.2. The van der Waals surface area contributed by atoms with Crippen LogP contribution in [0, 0.1) is 0 Å². The van der Waals surface area contributed by atoms with Gasteiger partial charge in [0.15, 0.2) is 5.76 Å². The minimum absolute atomic E-state index is 0.168. The van der Waals surface area contributed by atoms with E-state index in [1.165, 1.54) is 0 Å². The third-order valence-corrected chi connectivity index (χ3v) is 4.59. The third kappa shape index (κ3) is 4.72. The van der Waals surface area contributed by atoms with Gasteiger partial charge in [-0.05, 0) is 55.5 Å². The van der Waals surface area contributed by atoms with E-state index in [0.717, 1.165) is 5.75 Å². The van der Waals surface area contributed by atoms with E-state index < -0.39 is 0 Å². The average Bonchev–Trinajstić information content (AvgIpc) is 3.33. The summed E-state index contributed by atoms with van der Waals surface area (Å²) in [5, 5.41) is 6.13. The number of para-hydroxylation sites is 1. The number of nitrogens with one attached hydrogen (secondary N) is 2. The zero-order valence-corrected chi connectivity index (χ0v) is 16.9. The molecule has 0 bridgehead atoms. The molecule has 2 amide bonds. The van der Waals surface area contributed by atoms with Crippen molar-refractivity contribution in [1.29, 1.82) is 0 Å². The van der Waals surface area contributed by atoms with E-state index in [4.69, 9.17) is 9.15 Å². The minimum atomic E-state index is -0.367. The van der Waals surface area contributed by atoms with Gasteiger partial charge < -0.3 is 19.8 Å². The van der Waals surface area contributed by atoms with Crippen molar-refractivity contribution in [2.24, 2.45) is 0 Å². The van der Waals surface area contributed by atoms with Crippen molar-refractivity contribution < 1.29 is 18.7 Å². The summed E-state index contributed by atoms with van der Waals surface area (Å²) in [6, 6.07) is 19.6. The van der Waals surface area contributed by atoms with Crippen LogP contribution in [0.4, 0.5) is 5.69 Å². The molecule has 7 heteroatoms. The number of fused-ring (bicyclic) bond motifs is 1. The summed E-state index contributed by atoms with van der Waals surface area (Å²) in [4.78, 5) is 29.7. The first-order chi connectivity index (χ1) is 15.1. The molecule has 0 saturated carbocycles. The number of carbonyl (C=O) groups excluding carboxylic acids is 2. The lowest BCUT2D eigenvalue weighted by Crippen LogP contribution is -2.33. The molecule has 0 aliphatic rings. The Bertz CT molecular complexity index is 1200.